The average Bonchev–Trinajstić information content (AvgIpc) is 3.38. The largest absolute Gasteiger partial charge is 0.483 e. The van der Waals surface area contributed by atoms with Gasteiger partial charge in [-0.3, -0.25) is 4.79 Å². The molecule has 0 saturated heterocycles. The summed E-state index contributed by atoms with van der Waals surface area (Å²) in [5, 5.41) is 5.43. The van der Waals surface area contributed by atoms with Crippen molar-refractivity contribution >= 4 is 27.7 Å². The highest BCUT2D eigenvalue weighted by Gasteiger charge is 2.25. The zero-order chi connectivity index (χ0) is 21.2. The van der Waals surface area contributed by atoms with Crippen LogP contribution in [0.15, 0.2) is 54.7 Å². The molecule has 0 radical (unpaired) electrons. The molecule has 0 unspecified atom stereocenters. The summed E-state index contributed by atoms with van der Waals surface area (Å²) in [7, 11) is 1.70. The molecular weight excluding hydrogens is 390 g/mol. The second-order valence-corrected chi connectivity index (χ2v) is 8.05. The molecule has 0 fully saturated rings. The van der Waals surface area contributed by atoms with Crippen molar-refractivity contribution in [1.29, 1.82) is 0 Å². The van der Waals surface area contributed by atoms with E-state index in [1.54, 1.807) is 7.11 Å². The molecule has 2 N–H and O–H groups in total. The summed E-state index contributed by atoms with van der Waals surface area (Å²) in [6.07, 6.45) is 5.07. The molecule has 0 bridgehead atoms. The number of hydrogen-bond acceptors (Lipinski definition) is 3. The van der Waals surface area contributed by atoms with E-state index in [2.05, 4.69) is 39.1 Å². The van der Waals surface area contributed by atoms with Crippen LogP contribution in [0.1, 0.15) is 30.1 Å². The van der Waals surface area contributed by atoms with Gasteiger partial charge in [0.2, 0.25) is 0 Å². The highest BCUT2D eigenvalue weighted by molar-refractivity contribution is 5.88. The Labute approximate surface area is 181 Å². The van der Waals surface area contributed by atoms with Crippen LogP contribution in [0.4, 0.5) is 0 Å². The maximum absolute atomic E-state index is 12.7. The Bertz CT molecular complexity index is 1220. The molecule has 1 atom stereocenters. The lowest BCUT2D eigenvalue weighted by molar-refractivity contribution is -0.123. The molecule has 2 aromatic carbocycles. The summed E-state index contributed by atoms with van der Waals surface area (Å²) in [6, 6.07) is 16.3. The Morgan fingerprint density at radius 1 is 1.16 bits per heavy atom. The van der Waals surface area contributed by atoms with E-state index in [1.165, 1.54) is 10.9 Å². The number of nitrogens with zero attached hydrogens (tertiary/aromatic N) is 1. The zero-order valence-electron chi connectivity index (χ0n) is 17.7. The number of rotatable bonds is 7. The van der Waals surface area contributed by atoms with E-state index in [1.807, 2.05) is 30.5 Å². The number of nitrogens with one attached hydrogen (secondary N) is 2. The van der Waals surface area contributed by atoms with Gasteiger partial charge in [0.15, 0.2) is 6.61 Å². The van der Waals surface area contributed by atoms with Gasteiger partial charge in [0, 0.05) is 41.8 Å². The maximum Gasteiger partial charge on any atom is 0.258 e. The summed E-state index contributed by atoms with van der Waals surface area (Å²) in [5.74, 6) is 0.617. The Balaban J connectivity index is 1.28. The standard InChI is InChI=1S/C25H27N3O3/c1-30-15-14-28-13-12-19-22(28)10-5-11-23(19)31-16-24(29)26-21-9-4-7-18-17-6-2-3-8-20(17)27-25(18)21/h2-3,5-6,8,10-13,21,27H,4,7,9,14-16H2,1H3,(H,26,29)/t21-/m0/s1. The Morgan fingerprint density at radius 2 is 2.06 bits per heavy atom. The number of hydrogen-bond donors (Lipinski definition) is 2. The van der Waals surface area contributed by atoms with Crippen LogP contribution in [0, 0.1) is 0 Å². The minimum atomic E-state index is -0.104. The van der Waals surface area contributed by atoms with Gasteiger partial charge in [-0.15, -0.1) is 0 Å². The summed E-state index contributed by atoms with van der Waals surface area (Å²) >= 11 is 0. The zero-order valence-corrected chi connectivity index (χ0v) is 17.7. The SMILES string of the molecule is COCCn1ccc2c(OCC(=O)N[C@H]3CCCc4c3[nH]c3ccccc43)cccc21. The lowest BCUT2D eigenvalue weighted by Crippen LogP contribution is -2.34. The molecule has 0 aliphatic heterocycles. The Morgan fingerprint density at radius 3 is 2.97 bits per heavy atom. The summed E-state index contributed by atoms with van der Waals surface area (Å²) < 4.78 is 13.2. The van der Waals surface area contributed by atoms with Crippen molar-refractivity contribution in [1.82, 2.24) is 14.9 Å². The lowest BCUT2D eigenvalue weighted by atomic mass is 9.91. The van der Waals surface area contributed by atoms with E-state index >= 15 is 0 Å². The van der Waals surface area contributed by atoms with Crippen molar-refractivity contribution in [3.05, 3.63) is 66.0 Å². The highest BCUT2D eigenvalue weighted by atomic mass is 16.5. The molecule has 4 aromatic rings. The number of carbonyl (C=O) groups excluding carboxylic acids is 1. The van der Waals surface area contributed by atoms with Gasteiger partial charge in [0.05, 0.1) is 18.2 Å². The number of aromatic nitrogens is 2. The van der Waals surface area contributed by atoms with E-state index in [0.29, 0.717) is 6.61 Å². The van der Waals surface area contributed by atoms with Crippen LogP contribution in [-0.2, 0) is 22.5 Å². The number of aryl methyl sites for hydroxylation is 1. The first-order valence-electron chi connectivity index (χ1n) is 10.8. The normalized spacial score (nSPS) is 15.8. The van der Waals surface area contributed by atoms with Crippen molar-refractivity contribution in [2.45, 2.75) is 31.8 Å². The first-order valence-corrected chi connectivity index (χ1v) is 10.8. The van der Waals surface area contributed by atoms with Crippen LogP contribution in [0.2, 0.25) is 0 Å². The smallest absolute Gasteiger partial charge is 0.258 e. The van der Waals surface area contributed by atoms with E-state index in [4.69, 9.17) is 9.47 Å². The third-order valence-corrected chi connectivity index (χ3v) is 6.12. The summed E-state index contributed by atoms with van der Waals surface area (Å²) in [6.45, 7) is 1.42. The number of fused-ring (bicyclic) bond motifs is 4. The van der Waals surface area contributed by atoms with Crippen LogP contribution in [0.5, 0.6) is 5.75 Å². The molecule has 1 amide bonds. The molecule has 31 heavy (non-hydrogen) atoms. The minimum Gasteiger partial charge on any atom is -0.483 e. The average molecular weight is 418 g/mol. The van der Waals surface area contributed by atoms with E-state index < -0.39 is 0 Å². The van der Waals surface area contributed by atoms with Gasteiger partial charge < -0.3 is 24.3 Å². The predicted molar refractivity (Wildman–Crippen MR) is 121 cm³/mol. The highest BCUT2D eigenvalue weighted by Crippen LogP contribution is 2.34. The number of H-pyrrole nitrogens is 1. The molecule has 6 nitrogen and oxygen atoms in total. The number of para-hydroxylation sites is 1. The Kier molecular flexibility index (Phi) is 5.38. The van der Waals surface area contributed by atoms with Crippen molar-refractivity contribution < 1.29 is 14.3 Å². The fraction of sp³-hybridized carbons (Fsp3) is 0.320. The van der Waals surface area contributed by atoms with Gasteiger partial charge in [0.25, 0.3) is 5.91 Å². The molecule has 160 valence electrons. The third-order valence-electron chi connectivity index (χ3n) is 6.12. The number of carbonyl (C=O) groups is 1. The van der Waals surface area contributed by atoms with Gasteiger partial charge in [0.1, 0.15) is 5.75 Å². The number of methoxy groups -OCH3 is 1. The predicted octanol–water partition coefficient (Wildman–Crippen LogP) is 4.34. The molecule has 1 aliphatic carbocycles. The van der Waals surface area contributed by atoms with Gasteiger partial charge in [-0.1, -0.05) is 24.3 Å². The molecular formula is C25H27N3O3. The molecule has 5 rings (SSSR count). The first kappa shape index (κ1) is 19.7. The summed E-state index contributed by atoms with van der Waals surface area (Å²) in [5.41, 5.74) is 4.67. The molecule has 0 saturated carbocycles. The Hall–Kier alpha value is -3.25. The first-order chi connectivity index (χ1) is 15.2. The molecule has 2 aromatic heterocycles. The third kappa shape index (κ3) is 3.79. The van der Waals surface area contributed by atoms with Crippen LogP contribution >= 0.6 is 0 Å². The number of benzene rings is 2. The van der Waals surface area contributed by atoms with Crippen LogP contribution < -0.4 is 10.1 Å². The summed E-state index contributed by atoms with van der Waals surface area (Å²) in [4.78, 5) is 16.2. The van der Waals surface area contributed by atoms with Gasteiger partial charge in [-0.05, 0) is 49.1 Å². The molecule has 2 heterocycles. The van der Waals surface area contributed by atoms with Crippen LogP contribution in [-0.4, -0.2) is 35.8 Å². The second kappa shape index (κ2) is 8.47. The van der Waals surface area contributed by atoms with E-state index in [0.717, 1.165) is 53.7 Å². The lowest BCUT2D eigenvalue weighted by Gasteiger charge is -2.24. The molecule has 0 spiro atoms. The monoisotopic (exact) mass is 417 g/mol. The van der Waals surface area contributed by atoms with Gasteiger partial charge in [-0.2, -0.15) is 0 Å². The van der Waals surface area contributed by atoms with Crippen LogP contribution in [0.3, 0.4) is 0 Å². The fourth-order valence-electron chi connectivity index (χ4n) is 4.64. The maximum atomic E-state index is 12.7. The molecule has 6 heteroatoms. The van der Waals surface area contributed by atoms with Crippen molar-refractivity contribution in [3.63, 3.8) is 0 Å². The van der Waals surface area contributed by atoms with Crippen molar-refractivity contribution in [2.24, 2.45) is 0 Å². The topological polar surface area (TPSA) is 68.3 Å². The number of aromatic amines is 1. The van der Waals surface area contributed by atoms with E-state index in [-0.39, 0.29) is 18.6 Å². The second-order valence-electron chi connectivity index (χ2n) is 8.05. The van der Waals surface area contributed by atoms with Crippen LogP contribution in [0.25, 0.3) is 21.8 Å². The number of amides is 1. The van der Waals surface area contributed by atoms with Gasteiger partial charge in [-0.25, -0.2) is 0 Å². The van der Waals surface area contributed by atoms with E-state index in [9.17, 15) is 4.79 Å². The van der Waals surface area contributed by atoms with Crippen molar-refractivity contribution in [2.75, 3.05) is 20.3 Å². The fourth-order valence-corrected chi connectivity index (χ4v) is 4.64. The molecule has 1 aliphatic rings. The quantitative estimate of drug-likeness (QED) is 0.470. The minimum absolute atomic E-state index is 0.00169. The van der Waals surface area contributed by atoms with Gasteiger partial charge >= 0.3 is 0 Å². The number of ether oxygens (including phenoxy) is 2. The van der Waals surface area contributed by atoms with Crippen molar-refractivity contribution in [3.8, 4) is 5.75 Å².